The van der Waals surface area contributed by atoms with Crippen LogP contribution in [0.1, 0.15) is 13.3 Å². The summed E-state index contributed by atoms with van der Waals surface area (Å²) in [5.41, 5.74) is 1.29. The molecule has 138 valence electrons. The van der Waals surface area contributed by atoms with E-state index in [2.05, 4.69) is 11.1 Å². The molecule has 0 aliphatic carbocycles. The Kier molecular flexibility index (Phi) is 5.94. The van der Waals surface area contributed by atoms with Gasteiger partial charge in [0.25, 0.3) is 5.56 Å². The van der Waals surface area contributed by atoms with E-state index in [1.54, 1.807) is 24.9 Å². The zero-order chi connectivity index (χ0) is 19.4. The topological polar surface area (TPSA) is 79.0 Å². The van der Waals surface area contributed by atoms with Gasteiger partial charge in [-0.1, -0.05) is 30.0 Å². The van der Waals surface area contributed by atoms with Crippen molar-refractivity contribution in [3.63, 3.8) is 0 Å². The third-order valence-corrected chi connectivity index (χ3v) is 6.08. The highest BCUT2D eigenvalue weighted by atomic mass is 32.2. The molecule has 0 bridgehead atoms. The van der Waals surface area contributed by atoms with Crippen LogP contribution in [0.5, 0.6) is 0 Å². The first kappa shape index (κ1) is 19.1. The molecule has 1 unspecified atom stereocenters. The van der Waals surface area contributed by atoms with E-state index in [-0.39, 0.29) is 17.9 Å². The van der Waals surface area contributed by atoms with Crippen LogP contribution in [0.4, 0.5) is 5.69 Å². The Morgan fingerprint density at radius 1 is 1.37 bits per heavy atom. The van der Waals surface area contributed by atoms with Crippen molar-refractivity contribution in [2.45, 2.75) is 23.8 Å². The van der Waals surface area contributed by atoms with E-state index in [0.717, 1.165) is 5.69 Å². The maximum Gasteiger partial charge on any atom is 0.271 e. The third-order valence-electron chi connectivity index (χ3n) is 4.06. The number of carbonyl (C=O) groups excluding carboxylic acids is 1. The molecule has 0 fully saturated rings. The SMILES string of the molecule is CC(Sc1nc2ccsc2c(=O)n1C)C(=O)N(CCC#N)c1ccccc1. The molecule has 0 saturated heterocycles. The summed E-state index contributed by atoms with van der Waals surface area (Å²) in [6.07, 6.45) is 0.246. The highest BCUT2D eigenvalue weighted by Gasteiger charge is 2.24. The molecule has 8 heteroatoms. The summed E-state index contributed by atoms with van der Waals surface area (Å²) in [5, 5.41) is 10.8. The van der Waals surface area contributed by atoms with Crippen LogP contribution in [-0.4, -0.2) is 27.3 Å². The molecule has 0 spiro atoms. The quantitative estimate of drug-likeness (QED) is 0.470. The van der Waals surface area contributed by atoms with Crippen LogP contribution in [0.3, 0.4) is 0 Å². The number of rotatable bonds is 6. The second-order valence-corrected chi connectivity index (χ2v) is 8.11. The van der Waals surface area contributed by atoms with Gasteiger partial charge in [-0.3, -0.25) is 14.2 Å². The first-order chi connectivity index (χ1) is 13.0. The number of benzene rings is 1. The normalized spacial score (nSPS) is 11.9. The molecule has 6 nitrogen and oxygen atoms in total. The van der Waals surface area contributed by atoms with Crippen LogP contribution in [0.25, 0.3) is 10.2 Å². The van der Waals surface area contributed by atoms with Crippen molar-refractivity contribution in [3.8, 4) is 6.07 Å². The van der Waals surface area contributed by atoms with Gasteiger partial charge in [0.15, 0.2) is 5.16 Å². The number of nitriles is 1. The number of para-hydroxylation sites is 1. The Morgan fingerprint density at radius 2 is 2.11 bits per heavy atom. The molecule has 3 aromatic rings. The van der Waals surface area contributed by atoms with E-state index in [4.69, 9.17) is 5.26 Å². The second-order valence-electron chi connectivity index (χ2n) is 5.89. The van der Waals surface area contributed by atoms with Crippen LogP contribution in [-0.2, 0) is 11.8 Å². The Hall–Kier alpha value is -2.63. The molecular weight excluding hydrogens is 380 g/mol. The number of anilines is 1. The van der Waals surface area contributed by atoms with Gasteiger partial charge >= 0.3 is 0 Å². The van der Waals surface area contributed by atoms with Gasteiger partial charge in [0.05, 0.1) is 23.3 Å². The van der Waals surface area contributed by atoms with E-state index >= 15 is 0 Å². The van der Waals surface area contributed by atoms with Gasteiger partial charge < -0.3 is 4.90 Å². The summed E-state index contributed by atoms with van der Waals surface area (Å²) in [6, 6.07) is 13.2. The average molecular weight is 399 g/mol. The Labute approximate surface area is 165 Å². The third kappa shape index (κ3) is 4.04. The van der Waals surface area contributed by atoms with Crippen LogP contribution < -0.4 is 10.5 Å². The molecule has 1 aromatic carbocycles. The smallest absolute Gasteiger partial charge is 0.271 e. The minimum absolute atomic E-state index is 0.110. The van der Waals surface area contributed by atoms with E-state index in [0.29, 0.717) is 21.9 Å². The highest BCUT2D eigenvalue weighted by molar-refractivity contribution is 8.00. The molecule has 1 amide bonds. The predicted molar refractivity (Wildman–Crippen MR) is 109 cm³/mol. The van der Waals surface area contributed by atoms with Gasteiger partial charge in [-0.15, -0.1) is 11.3 Å². The molecule has 0 N–H and O–H groups in total. The van der Waals surface area contributed by atoms with Crippen molar-refractivity contribution >= 4 is 44.9 Å². The molecule has 1 atom stereocenters. The maximum absolute atomic E-state index is 13.0. The van der Waals surface area contributed by atoms with Crippen LogP contribution in [0.15, 0.2) is 51.7 Å². The minimum Gasteiger partial charge on any atom is -0.310 e. The Bertz CT molecular complexity index is 1050. The summed E-state index contributed by atoms with van der Waals surface area (Å²) in [4.78, 5) is 31.6. The number of thioether (sulfide) groups is 1. The first-order valence-electron chi connectivity index (χ1n) is 8.37. The molecule has 0 aliphatic heterocycles. The number of amides is 1. The second kappa shape index (κ2) is 8.37. The van der Waals surface area contributed by atoms with Crippen molar-refractivity contribution in [2.24, 2.45) is 7.05 Å². The summed E-state index contributed by atoms with van der Waals surface area (Å²) in [6.45, 7) is 2.11. The number of fused-ring (bicyclic) bond motifs is 1. The zero-order valence-corrected chi connectivity index (χ0v) is 16.6. The molecular formula is C19H18N4O2S2. The van der Waals surface area contributed by atoms with Gasteiger partial charge in [-0.05, 0) is 30.5 Å². The molecule has 0 aliphatic rings. The van der Waals surface area contributed by atoms with Gasteiger partial charge in [0.2, 0.25) is 5.91 Å². The highest BCUT2D eigenvalue weighted by Crippen LogP contribution is 2.26. The monoisotopic (exact) mass is 398 g/mol. The lowest BCUT2D eigenvalue weighted by atomic mass is 10.2. The summed E-state index contributed by atoms with van der Waals surface area (Å²) >= 11 is 2.61. The van der Waals surface area contributed by atoms with Crippen molar-refractivity contribution < 1.29 is 4.79 Å². The lowest BCUT2D eigenvalue weighted by Gasteiger charge is -2.25. The van der Waals surface area contributed by atoms with E-state index < -0.39 is 5.25 Å². The van der Waals surface area contributed by atoms with Crippen LogP contribution >= 0.6 is 23.1 Å². The average Bonchev–Trinajstić information content (AvgIpc) is 3.15. The first-order valence-corrected chi connectivity index (χ1v) is 10.1. The number of carbonyl (C=O) groups is 1. The van der Waals surface area contributed by atoms with Gasteiger partial charge in [0, 0.05) is 19.3 Å². The Balaban J connectivity index is 1.86. The van der Waals surface area contributed by atoms with Crippen molar-refractivity contribution in [2.75, 3.05) is 11.4 Å². The van der Waals surface area contributed by atoms with Crippen molar-refractivity contribution in [1.82, 2.24) is 9.55 Å². The number of thiophene rings is 1. The van der Waals surface area contributed by atoms with Gasteiger partial charge in [0.1, 0.15) is 4.70 Å². The largest absolute Gasteiger partial charge is 0.310 e. The minimum atomic E-state index is -0.460. The standard InChI is InChI=1S/C19H18N4O2S2/c1-13(17(24)23(11-6-10-20)14-7-4-3-5-8-14)27-19-21-15-9-12-26-16(15)18(25)22(19)2/h3-5,7-9,12-13H,6,11H2,1-2H3. The molecule has 3 rings (SSSR count). The molecule has 27 heavy (non-hydrogen) atoms. The van der Waals surface area contributed by atoms with Gasteiger partial charge in [-0.25, -0.2) is 4.98 Å². The fourth-order valence-corrected chi connectivity index (χ4v) is 4.38. The molecule has 2 heterocycles. The van der Waals surface area contributed by atoms with Crippen LogP contribution in [0, 0.1) is 11.3 Å². The lowest BCUT2D eigenvalue weighted by molar-refractivity contribution is -0.117. The number of nitrogens with zero attached hydrogens (tertiary/aromatic N) is 4. The molecule has 0 saturated carbocycles. The summed E-state index contributed by atoms with van der Waals surface area (Å²) in [7, 11) is 1.67. The van der Waals surface area contributed by atoms with E-state index in [1.165, 1.54) is 27.7 Å². The van der Waals surface area contributed by atoms with E-state index in [9.17, 15) is 9.59 Å². The summed E-state index contributed by atoms with van der Waals surface area (Å²) < 4.78 is 2.09. The van der Waals surface area contributed by atoms with Crippen LogP contribution in [0.2, 0.25) is 0 Å². The molecule has 2 aromatic heterocycles. The molecule has 0 radical (unpaired) electrons. The summed E-state index contributed by atoms with van der Waals surface area (Å²) in [5.74, 6) is -0.124. The maximum atomic E-state index is 13.0. The van der Waals surface area contributed by atoms with E-state index in [1.807, 2.05) is 35.7 Å². The lowest BCUT2D eigenvalue weighted by Crippen LogP contribution is -2.37. The number of hydrogen-bond acceptors (Lipinski definition) is 6. The van der Waals surface area contributed by atoms with Gasteiger partial charge in [-0.2, -0.15) is 5.26 Å². The number of hydrogen-bond donors (Lipinski definition) is 0. The Morgan fingerprint density at radius 3 is 2.81 bits per heavy atom. The van der Waals surface area contributed by atoms with Crippen molar-refractivity contribution in [3.05, 3.63) is 52.1 Å². The fourth-order valence-electron chi connectivity index (χ4n) is 2.64. The zero-order valence-electron chi connectivity index (χ0n) is 15.0. The number of aromatic nitrogens is 2. The van der Waals surface area contributed by atoms with Crippen molar-refractivity contribution in [1.29, 1.82) is 5.26 Å². The fraction of sp³-hybridized carbons (Fsp3) is 0.263. The predicted octanol–water partition coefficient (Wildman–Crippen LogP) is 3.42.